The first-order valence-electron chi connectivity index (χ1n) is 9.14. The van der Waals surface area contributed by atoms with E-state index in [1.807, 2.05) is 23.1 Å². The Labute approximate surface area is 152 Å². The molecule has 1 aromatic heterocycles. The number of hydrogen-bond donors (Lipinski definition) is 1. The minimum absolute atomic E-state index is 0.0289. The lowest BCUT2D eigenvalue weighted by Gasteiger charge is -2.33. The van der Waals surface area contributed by atoms with E-state index in [1.54, 1.807) is 0 Å². The van der Waals surface area contributed by atoms with Crippen molar-refractivity contribution in [1.82, 2.24) is 25.0 Å². The monoisotopic (exact) mass is 353 g/mol. The van der Waals surface area contributed by atoms with Crippen molar-refractivity contribution in [2.75, 3.05) is 6.54 Å². The average Bonchev–Trinajstić information content (AvgIpc) is 3.22. The summed E-state index contributed by atoms with van der Waals surface area (Å²) in [4.78, 5) is 25.8. The Morgan fingerprint density at radius 2 is 2.08 bits per heavy atom. The molecule has 1 N–H and O–H groups in total. The fourth-order valence-electron chi connectivity index (χ4n) is 3.87. The zero-order valence-electron chi connectivity index (χ0n) is 14.9. The molecule has 7 heteroatoms. The molecule has 2 atom stereocenters. The summed E-state index contributed by atoms with van der Waals surface area (Å²) in [5.41, 5.74) is 1.20. The van der Waals surface area contributed by atoms with Crippen molar-refractivity contribution >= 4 is 11.8 Å². The minimum Gasteiger partial charge on any atom is -0.353 e. The van der Waals surface area contributed by atoms with Crippen LogP contribution < -0.4 is 5.32 Å². The molecule has 1 fully saturated rings. The van der Waals surface area contributed by atoms with Gasteiger partial charge in [-0.15, -0.1) is 10.2 Å². The third kappa shape index (κ3) is 3.34. The van der Waals surface area contributed by atoms with Gasteiger partial charge in [0.2, 0.25) is 11.8 Å². The van der Waals surface area contributed by atoms with E-state index in [0.29, 0.717) is 25.9 Å². The Balaban J connectivity index is 1.45. The fourth-order valence-corrected chi connectivity index (χ4v) is 3.87. The molecular formula is C19H23N5O2. The fraction of sp³-hybridized carbons (Fsp3) is 0.474. The Kier molecular flexibility index (Phi) is 4.44. The maximum Gasteiger partial charge on any atom is 0.225 e. The van der Waals surface area contributed by atoms with E-state index >= 15 is 0 Å². The van der Waals surface area contributed by atoms with Crippen molar-refractivity contribution in [3.63, 3.8) is 0 Å². The first-order valence-corrected chi connectivity index (χ1v) is 9.14. The van der Waals surface area contributed by atoms with Gasteiger partial charge in [-0.1, -0.05) is 30.3 Å². The number of nitrogens with zero attached hydrogens (tertiary/aromatic N) is 4. The van der Waals surface area contributed by atoms with E-state index in [9.17, 15) is 9.59 Å². The van der Waals surface area contributed by atoms with Crippen LogP contribution in [0, 0.1) is 0 Å². The number of hydrogen-bond acceptors (Lipinski definition) is 4. The van der Waals surface area contributed by atoms with Crippen LogP contribution in [-0.2, 0) is 22.6 Å². The molecule has 2 amide bonds. The number of benzene rings is 1. The molecule has 0 aliphatic carbocycles. The zero-order valence-corrected chi connectivity index (χ0v) is 14.9. The van der Waals surface area contributed by atoms with Crippen molar-refractivity contribution in [2.24, 2.45) is 0 Å². The van der Waals surface area contributed by atoms with Gasteiger partial charge in [-0.3, -0.25) is 9.59 Å². The molecule has 136 valence electrons. The van der Waals surface area contributed by atoms with Gasteiger partial charge in [-0.05, 0) is 18.9 Å². The molecule has 2 aliphatic rings. The molecule has 2 aromatic rings. The second-order valence-corrected chi connectivity index (χ2v) is 7.20. The summed E-state index contributed by atoms with van der Waals surface area (Å²) in [6.45, 7) is 3.22. The molecule has 1 saturated heterocycles. The number of fused-ring (bicyclic) bond motifs is 1. The predicted molar refractivity (Wildman–Crippen MR) is 95.2 cm³/mol. The Morgan fingerprint density at radius 1 is 1.27 bits per heavy atom. The highest BCUT2D eigenvalue weighted by atomic mass is 16.2. The SMILES string of the molecule is C[C@H]1CN(C(=O)C[C@@H]2CCC(=O)N2)Cc2nnc(Cc3ccccc3)n21. The van der Waals surface area contributed by atoms with Gasteiger partial charge in [-0.2, -0.15) is 0 Å². The quantitative estimate of drug-likeness (QED) is 0.902. The molecular weight excluding hydrogens is 330 g/mol. The largest absolute Gasteiger partial charge is 0.353 e. The first-order chi connectivity index (χ1) is 12.6. The highest BCUT2D eigenvalue weighted by Gasteiger charge is 2.31. The summed E-state index contributed by atoms with van der Waals surface area (Å²) in [6, 6.07) is 10.3. The van der Waals surface area contributed by atoms with Gasteiger partial charge in [-0.25, -0.2) is 0 Å². The van der Waals surface area contributed by atoms with Crippen LogP contribution in [0.4, 0.5) is 0 Å². The topological polar surface area (TPSA) is 80.1 Å². The normalized spacial score (nSPS) is 22.2. The number of rotatable bonds is 4. The Bertz CT molecular complexity index is 817. The van der Waals surface area contributed by atoms with Crippen molar-refractivity contribution in [3.8, 4) is 0 Å². The van der Waals surface area contributed by atoms with Crippen LogP contribution in [-0.4, -0.2) is 44.1 Å². The summed E-state index contributed by atoms with van der Waals surface area (Å²) >= 11 is 0. The molecule has 0 saturated carbocycles. The third-order valence-electron chi connectivity index (χ3n) is 5.16. The van der Waals surface area contributed by atoms with Crippen LogP contribution in [0.1, 0.15) is 49.4 Å². The van der Waals surface area contributed by atoms with Crippen molar-refractivity contribution in [1.29, 1.82) is 0 Å². The van der Waals surface area contributed by atoms with Gasteiger partial charge in [0.15, 0.2) is 5.82 Å². The smallest absolute Gasteiger partial charge is 0.225 e. The molecule has 3 heterocycles. The van der Waals surface area contributed by atoms with Crippen LogP contribution in [0.5, 0.6) is 0 Å². The molecule has 2 aliphatic heterocycles. The zero-order chi connectivity index (χ0) is 18.1. The maximum absolute atomic E-state index is 12.6. The van der Waals surface area contributed by atoms with Gasteiger partial charge in [0, 0.05) is 31.8 Å². The van der Waals surface area contributed by atoms with Crippen LogP contribution in [0.25, 0.3) is 0 Å². The van der Waals surface area contributed by atoms with Crippen molar-refractivity contribution < 1.29 is 9.59 Å². The maximum atomic E-state index is 12.6. The molecule has 26 heavy (non-hydrogen) atoms. The summed E-state index contributed by atoms with van der Waals surface area (Å²) in [6.07, 6.45) is 2.36. The Morgan fingerprint density at radius 3 is 2.81 bits per heavy atom. The summed E-state index contributed by atoms with van der Waals surface area (Å²) in [5, 5.41) is 11.6. The summed E-state index contributed by atoms with van der Waals surface area (Å²) in [7, 11) is 0. The van der Waals surface area contributed by atoms with Gasteiger partial charge in [0.1, 0.15) is 5.82 Å². The molecule has 0 spiro atoms. The highest BCUT2D eigenvalue weighted by molar-refractivity contribution is 5.82. The number of carbonyl (C=O) groups is 2. The average molecular weight is 353 g/mol. The van der Waals surface area contributed by atoms with Crippen LogP contribution in [0.3, 0.4) is 0 Å². The Hall–Kier alpha value is -2.70. The van der Waals surface area contributed by atoms with Crippen LogP contribution >= 0.6 is 0 Å². The number of aromatic nitrogens is 3. The predicted octanol–water partition coefficient (Wildman–Crippen LogP) is 1.44. The van der Waals surface area contributed by atoms with Gasteiger partial charge >= 0.3 is 0 Å². The summed E-state index contributed by atoms with van der Waals surface area (Å²) in [5.74, 6) is 1.88. The second-order valence-electron chi connectivity index (χ2n) is 7.20. The van der Waals surface area contributed by atoms with Crippen molar-refractivity contribution in [2.45, 2.75) is 51.2 Å². The standard InChI is InChI=1S/C19H23N5O2/c1-13-11-23(19(26)10-15-7-8-18(25)20-15)12-17-22-21-16(24(13)17)9-14-5-3-2-4-6-14/h2-6,13,15H,7-12H2,1H3,(H,20,25)/t13-,15-/m0/s1. The van der Waals surface area contributed by atoms with Crippen LogP contribution in [0.15, 0.2) is 30.3 Å². The third-order valence-corrected chi connectivity index (χ3v) is 5.16. The second kappa shape index (κ2) is 6.90. The molecule has 7 nitrogen and oxygen atoms in total. The number of amides is 2. The first kappa shape index (κ1) is 16.8. The number of nitrogens with one attached hydrogen (secondary N) is 1. The lowest BCUT2D eigenvalue weighted by molar-refractivity contribution is -0.133. The van der Waals surface area contributed by atoms with Crippen LogP contribution in [0.2, 0.25) is 0 Å². The van der Waals surface area contributed by atoms with Gasteiger partial charge < -0.3 is 14.8 Å². The van der Waals surface area contributed by atoms with E-state index in [-0.39, 0.29) is 23.9 Å². The van der Waals surface area contributed by atoms with E-state index in [2.05, 4.69) is 39.1 Å². The van der Waals surface area contributed by atoms with E-state index < -0.39 is 0 Å². The lowest BCUT2D eigenvalue weighted by atomic mass is 10.1. The molecule has 0 radical (unpaired) electrons. The molecule has 0 unspecified atom stereocenters. The highest BCUT2D eigenvalue weighted by Crippen LogP contribution is 2.24. The van der Waals surface area contributed by atoms with E-state index in [0.717, 1.165) is 24.5 Å². The summed E-state index contributed by atoms with van der Waals surface area (Å²) < 4.78 is 2.16. The molecule has 4 rings (SSSR count). The molecule has 0 bridgehead atoms. The van der Waals surface area contributed by atoms with Gasteiger partial charge in [0.05, 0.1) is 12.6 Å². The number of carbonyl (C=O) groups excluding carboxylic acids is 2. The van der Waals surface area contributed by atoms with Gasteiger partial charge in [0.25, 0.3) is 0 Å². The molecule has 1 aromatic carbocycles. The van der Waals surface area contributed by atoms with E-state index in [4.69, 9.17) is 0 Å². The van der Waals surface area contributed by atoms with Crippen molar-refractivity contribution in [3.05, 3.63) is 47.5 Å². The minimum atomic E-state index is -0.0289. The van der Waals surface area contributed by atoms with E-state index in [1.165, 1.54) is 5.56 Å². The lowest BCUT2D eigenvalue weighted by Crippen LogP contribution is -2.43.